The number of carbonyl (C=O) groups excluding carboxylic acids is 1. The van der Waals surface area contributed by atoms with Gasteiger partial charge >= 0.3 is 0 Å². The number of aromatic nitrogens is 3. The molecular weight excluding hydrogens is 385 g/mol. The predicted molar refractivity (Wildman–Crippen MR) is 111 cm³/mol. The SMILES string of the molecule is C[C@H]1CNCCN1C(=O)c1cnc2c(cnn2Cc2ccccc2)c1.Cl.Cl. The second kappa shape index (κ2) is 9.17. The van der Waals surface area contributed by atoms with Crippen LogP contribution in [0.25, 0.3) is 11.0 Å². The number of pyridine rings is 1. The topological polar surface area (TPSA) is 63.1 Å². The lowest BCUT2D eigenvalue weighted by molar-refractivity contribution is 0.0655. The Labute approximate surface area is 170 Å². The van der Waals surface area contributed by atoms with E-state index in [1.54, 1.807) is 12.4 Å². The van der Waals surface area contributed by atoms with Gasteiger partial charge in [0.2, 0.25) is 0 Å². The van der Waals surface area contributed by atoms with Crippen molar-refractivity contribution in [2.24, 2.45) is 0 Å². The molecule has 0 saturated carbocycles. The van der Waals surface area contributed by atoms with Crippen molar-refractivity contribution >= 4 is 41.8 Å². The van der Waals surface area contributed by atoms with E-state index in [1.807, 2.05) is 33.8 Å². The summed E-state index contributed by atoms with van der Waals surface area (Å²) in [6.45, 7) is 5.12. The van der Waals surface area contributed by atoms with Gasteiger partial charge in [-0.15, -0.1) is 24.8 Å². The van der Waals surface area contributed by atoms with Crippen molar-refractivity contribution in [3.05, 3.63) is 59.9 Å². The highest BCUT2D eigenvalue weighted by molar-refractivity contribution is 5.97. The summed E-state index contributed by atoms with van der Waals surface area (Å²) in [5.41, 5.74) is 2.60. The molecule has 4 rings (SSSR count). The molecule has 0 spiro atoms. The number of hydrogen-bond acceptors (Lipinski definition) is 4. The molecule has 0 bridgehead atoms. The Kier molecular flexibility index (Phi) is 7.18. The van der Waals surface area contributed by atoms with Gasteiger partial charge in [0.05, 0.1) is 18.3 Å². The summed E-state index contributed by atoms with van der Waals surface area (Å²) < 4.78 is 1.87. The van der Waals surface area contributed by atoms with Crippen LogP contribution < -0.4 is 5.32 Å². The Balaban J connectivity index is 0.00000131. The third-order valence-corrected chi connectivity index (χ3v) is 4.66. The Morgan fingerprint density at radius 1 is 1.22 bits per heavy atom. The number of halogens is 2. The molecule has 8 heteroatoms. The first-order valence-electron chi connectivity index (χ1n) is 8.59. The molecule has 27 heavy (non-hydrogen) atoms. The van der Waals surface area contributed by atoms with E-state index in [9.17, 15) is 4.79 Å². The molecule has 1 aliphatic heterocycles. The first kappa shape index (κ1) is 21.2. The van der Waals surface area contributed by atoms with Gasteiger partial charge in [0.15, 0.2) is 5.65 Å². The molecule has 1 aliphatic rings. The van der Waals surface area contributed by atoms with E-state index >= 15 is 0 Å². The summed E-state index contributed by atoms with van der Waals surface area (Å²) in [5, 5.41) is 8.63. The van der Waals surface area contributed by atoms with Crippen molar-refractivity contribution in [3.63, 3.8) is 0 Å². The third-order valence-electron chi connectivity index (χ3n) is 4.66. The maximum atomic E-state index is 12.8. The number of carbonyl (C=O) groups is 1. The van der Waals surface area contributed by atoms with Gasteiger partial charge in [0, 0.05) is 37.3 Å². The van der Waals surface area contributed by atoms with Gasteiger partial charge in [-0.2, -0.15) is 5.10 Å². The van der Waals surface area contributed by atoms with E-state index < -0.39 is 0 Å². The van der Waals surface area contributed by atoms with Crippen molar-refractivity contribution in [1.29, 1.82) is 0 Å². The number of amides is 1. The smallest absolute Gasteiger partial charge is 0.255 e. The quantitative estimate of drug-likeness (QED) is 0.724. The molecule has 0 unspecified atom stereocenters. The Morgan fingerprint density at radius 2 is 2.00 bits per heavy atom. The normalized spacial score (nSPS) is 16.5. The molecule has 0 radical (unpaired) electrons. The van der Waals surface area contributed by atoms with Gasteiger partial charge in [-0.05, 0) is 18.6 Å². The van der Waals surface area contributed by atoms with Crippen LogP contribution in [0, 0.1) is 0 Å². The van der Waals surface area contributed by atoms with Gasteiger partial charge in [-0.3, -0.25) is 4.79 Å². The first-order valence-corrected chi connectivity index (χ1v) is 8.59. The molecule has 1 N–H and O–H groups in total. The van der Waals surface area contributed by atoms with E-state index in [2.05, 4.69) is 34.5 Å². The number of rotatable bonds is 3. The van der Waals surface area contributed by atoms with E-state index in [1.165, 1.54) is 5.56 Å². The molecule has 2 aromatic heterocycles. The van der Waals surface area contributed by atoms with Crippen LogP contribution in [-0.4, -0.2) is 51.2 Å². The largest absolute Gasteiger partial charge is 0.333 e. The lowest BCUT2D eigenvalue weighted by atomic mass is 10.1. The second-order valence-corrected chi connectivity index (χ2v) is 6.48. The minimum atomic E-state index is 0. The molecule has 1 fully saturated rings. The van der Waals surface area contributed by atoms with Crippen LogP contribution >= 0.6 is 24.8 Å². The summed E-state index contributed by atoms with van der Waals surface area (Å²) >= 11 is 0. The molecule has 6 nitrogen and oxygen atoms in total. The molecule has 1 atom stereocenters. The van der Waals surface area contributed by atoms with E-state index in [0.29, 0.717) is 12.1 Å². The van der Waals surface area contributed by atoms with Gasteiger partial charge in [-0.25, -0.2) is 9.67 Å². The molecule has 144 valence electrons. The zero-order valence-corrected chi connectivity index (χ0v) is 16.7. The minimum Gasteiger partial charge on any atom is -0.333 e. The van der Waals surface area contributed by atoms with E-state index in [-0.39, 0.29) is 36.8 Å². The van der Waals surface area contributed by atoms with Crippen LogP contribution in [0.15, 0.2) is 48.8 Å². The monoisotopic (exact) mass is 407 g/mol. The average molecular weight is 408 g/mol. The second-order valence-electron chi connectivity index (χ2n) is 6.48. The van der Waals surface area contributed by atoms with Gasteiger partial charge in [-0.1, -0.05) is 30.3 Å². The van der Waals surface area contributed by atoms with Crippen LogP contribution in [0.4, 0.5) is 0 Å². The highest BCUT2D eigenvalue weighted by Gasteiger charge is 2.24. The summed E-state index contributed by atoms with van der Waals surface area (Å²) in [5.74, 6) is 0.0409. The molecule has 3 aromatic rings. The summed E-state index contributed by atoms with van der Waals surface area (Å²) in [4.78, 5) is 19.2. The molecule has 1 amide bonds. The highest BCUT2D eigenvalue weighted by Crippen LogP contribution is 2.17. The average Bonchev–Trinajstić information content (AvgIpc) is 3.04. The van der Waals surface area contributed by atoms with Crippen LogP contribution in [0.5, 0.6) is 0 Å². The number of nitrogens with one attached hydrogen (secondary N) is 1. The van der Waals surface area contributed by atoms with Crippen molar-refractivity contribution in [1.82, 2.24) is 25.0 Å². The van der Waals surface area contributed by atoms with E-state index in [4.69, 9.17) is 0 Å². The van der Waals surface area contributed by atoms with Gasteiger partial charge < -0.3 is 10.2 Å². The third kappa shape index (κ3) is 4.40. The molecular formula is C19H23Cl2N5O. The zero-order chi connectivity index (χ0) is 17.2. The fourth-order valence-electron chi connectivity index (χ4n) is 3.27. The summed E-state index contributed by atoms with van der Waals surface area (Å²) in [6, 6.07) is 12.2. The minimum absolute atomic E-state index is 0. The Morgan fingerprint density at radius 3 is 2.74 bits per heavy atom. The number of hydrogen-bond donors (Lipinski definition) is 1. The Hall–Kier alpha value is -2.15. The van der Waals surface area contributed by atoms with E-state index in [0.717, 1.165) is 30.7 Å². The number of fused-ring (bicyclic) bond motifs is 1. The molecule has 1 aromatic carbocycles. The fourth-order valence-corrected chi connectivity index (χ4v) is 3.27. The number of piperazine rings is 1. The highest BCUT2D eigenvalue weighted by atomic mass is 35.5. The summed E-state index contributed by atoms with van der Waals surface area (Å²) in [7, 11) is 0. The zero-order valence-electron chi connectivity index (χ0n) is 15.0. The standard InChI is InChI=1S/C19H21N5O.2ClH/c1-14-10-20-7-8-23(14)19(25)17-9-16-12-22-24(18(16)21-11-17)13-15-5-3-2-4-6-15;;/h2-6,9,11-12,14,20H,7-8,10,13H2,1H3;2*1H/t14-;;/m0../s1. The van der Waals surface area contributed by atoms with Gasteiger partial charge in [0.1, 0.15) is 0 Å². The van der Waals surface area contributed by atoms with Crippen LogP contribution in [0.1, 0.15) is 22.8 Å². The predicted octanol–water partition coefficient (Wildman–Crippen LogP) is 2.76. The number of nitrogens with zero attached hydrogens (tertiary/aromatic N) is 4. The lowest BCUT2D eigenvalue weighted by Crippen LogP contribution is -2.52. The first-order chi connectivity index (χ1) is 12.2. The van der Waals surface area contributed by atoms with Crippen LogP contribution in [0.2, 0.25) is 0 Å². The van der Waals surface area contributed by atoms with Crippen molar-refractivity contribution in [3.8, 4) is 0 Å². The maximum absolute atomic E-state index is 12.8. The van der Waals surface area contributed by atoms with Gasteiger partial charge in [0.25, 0.3) is 5.91 Å². The molecule has 3 heterocycles. The maximum Gasteiger partial charge on any atom is 0.255 e. The Bertz CT molecular complexity index is 900. The van der Waals surface area contributed by atoms with Crippen LogP contribution in [-0.2, 0) is 6.54 Å². The van der Waals surface area contributed by atoms with Crippen molar-refractivity contribution < 1.29 is 4.79 Å². The van der Waals surface area contributed by atoms with Crippen molar-refractivity contribution in [2.45, 2.75) is 19.5 Å². The lowest BCUT2D eigenvalue weighted by Gasteiger charge is -2.33. The van der Waals surface area contributed by atoms with Crippen molar-refractivity contribution in [2.75, 3.05) is 19.6 Å². The number of benzene rings is 1. The van der Waals surface area contributed by atoms with Crippen LogP contribution in [0.3, 0.4) is 0 Å². The summed E-state index contributed by atoms with van der Waals surface area (Å²) in [6.07, 6.45) is 3.45. The molecule has 0 aliphatic carbocycles. The molecule has 1 saturated heterocycles. The fraction of sp³-hybridized carbons (Fsp3) is 0.316.